The number of anilines is 1. The molecule has 0 aliphatic carbocycles. The minimum atomic E-state index is -0.649. The van der Waals surface area contributed by atoms with E-state index in [1.165, 1.54) is 47.0 Å². The second kappa shape index (κ2) is 5.92. The average Bonchev–Trinajstić information content (AvgIpc) is 3.19. The van der Waals surface area contributed by atoms with E-state index >= 15 is 0 Å². The van der Waals surface area contributed by atoms with Gasteiger partial charge in [0.15, 0.2) is 11.5 Å². The number of nitro benzene ring substituents is 1. The maximum Gasteiger partial charge on any atom is 0.279 e. The maximum absolute atomic E-state index is 13.6. The molecule has 0 radical (unpaired) electrons. The second-order valence-corrected chi connectivity index (χ2v) is 6.50. The van der Waals surface area contributed by atoms with Gasteiger partial charge in [0.1, 0.15) is 11.2 Å². The van der Waals surface area contributed by atoms with Crippen molar-refractivity contribution in [3.8, 4) is 11.5 Å². The monoisotopic (exact) mass is 362 g/mol. The lowest BCUT2D eigenvalue weighted by Crippen LogP contribution is -2.28. The molecule has 2 aromatic carbocycles. The van der Waals surface area contributed by atoms with E-state index in [1.54, 1.807) is 6.07 Å². The number of hydrogen-bond donors (Lipinski definition) is 0. The molecule has 0 saturated carbocycles. The van der Waals surface area contributed by atoms with Gasteiger partial charge in [0.05, 0.1) is 22.3 Å². The van der Waals surface area contributed by atoms with Crippen LogP contribution >= 0.6 is 11.8 Å². The fraction of sp³-hybridized carbons (Fsp3) is 0.188. The van der Waals surface area contributed by atoms with Gasteiger partial charge in [-0.15, -0.1) is 11.8 Å². The zero-order chi connectivity index (χ0) is 17.6. The fourth-order valence-corrected chi connectivity index (χ4v) is 4.06. The van der Waals surface area contributed by atoms with Crippen LogP contribution in [0.3, 0.4) is 0 Å². The summed E-state index contributed by atoms with van der Waals surface area (Å²) in [7, 11) is 0. The summed E-state index contributed by atoms with van der Waals surface area (Å²) in [6, 6.07) is 8.41. The Kier molecular flexibility index (Phi) is 3.72. The molecule has 4 rings (SSSR count). The van der Waals surface area contributed by atoms with Gasteiger partial charge in [0.25, 0.3) is 5.69 Å². The Balaban J connectivity index is 1.83. The molecule has 0 N–H and O–H groups in total. The summed E-state index contributed by atoms with van der Waals surface area (Å²) in [5, 5.41) is 10.8. The average molecular weight is 362 g/mol. The van der Waals surface area contributed by atoms with Crippen LogP contribution in [0, 0.1) is 15.9 Å². The number of carbonyl (C=O) groups excluding carboxylic acids is 1. The summed E-state index contributed by atoms with van der Waals surface area (Å²) in [4.78, 5) is 24.7. The first-order valence-corrected chi connectivity index (χ1v) is 8.36. The van der Waals surface area contributed by atoms with Gasteiger partial charge >= 0.3 is 0 Å². The highest BCUT2D eigenvalue weighted by Crippen LogP contribution is 2.48. The molecule has 2 aromatic rings. The molecule has 1 amide bonds. The summed E-state index contributed by atoms with van der Waals surface area (Å²) in [6.45, 7) is -0.0136. The Hall–Kier alpha value is -2.81. The largest absolute Gasteiger partial charge is 0.454 e. The number of halogens is 1. The van der Waals surface area contributed by atoms with Crippen molar-refractivity contribution in [3.63, 3.8) is 0 Å². The van der Waals surface area contributed by atoms with Gasteiger partial charge in [-0.1, -0.05) is 6.07 Å². The normalized spacial score (nSPS) is 18.7. The SMILES string of the molecule is O=C1CSC(c2cc3c(cc2[N+](=O)[O-])OCO3)N1c1cccc(F)c1. The lowest BCUT2D eigenvalue weighted by Gasteiger charge is -2.24. The van der Waals surface area contributed by atoms with Crippen LogP contribution in [0.1, 0.15) is 10.9 Å². The third-order valence-electron chi connectivity index (χ3n) is 3.94. The van der Waals surface area contributed by atoms with Gasteiger partial charge in [0.2, 0.25) is 12.7 Å². The highest BCUT2D eigenvalue weighted by molar-refractivity contribution is 8.00. The summed E-state index contributed by atoms with van der Waals surface area (Å²) < 4.78 is 24.1. The summed E-state index contributed by atoms with van der Waals surface area (Å²) in [5.41, 5.74) is 0.499. The van der Waals surface area contributed by atoms with E-state index in [0.717, 1.165) is 0 Å². The highest BCUT2D eigenvalue weighted by Gasteiger charge is 2.39. The Morgan fingerprint density at radius 1 is 1.24 bits per heavy atom. The first-order valence-electron chi connectivity index (χ1n) is 7.32. The Morgan fingerprint density at radius 2 is 2.00 bits per heavy atom. The minimum absolute atomic E-state index is 0.0136. The van der Waals surface area contributed by atoms with Crippen molar-refractivity contribution >= 4 is 29.0 Å². The molecule has 1 saturated heterocycles. The standard InChI is InChI=1S/C16H11FN2O5S/c17-9-2-1-3-10(4-9)18-15(20)7-25-16(18)11-5-13-14(24-8-23-13)6-12(11)19(21)22/h1-6,16H,7-8H2. The van der Waals surface area contributed by atoms with Crippen molar-refractivity contribution in [2.24, 2.45) is 0 Å². The molecule has 2 aliphatic rings. The molecule has 128 valence electrons. The molecule has 2 aliphatic heterocycles. The number of fused-ring (bicyclic) bond motifs is 1. The van der Waals surface area contributed by atoms with Gasteiger partial charge in [-0.2, -0.15) is 0 Å². The number of nitro groups is 1. The topological polar surface area (TPSA) is 81.9 Å². The van der Waals surface area contributed by atoms with E-state index in [-0.39, 0.29) is 24.1 Å². The predicted molar refractivity (Wildman–Crippen MR) is 88.3 cm³/mol. The number of rotatable bonds is 3. The van der Waals surface area contributed by atoms with Crippen LogP contribution in [0.25, 0.3) is 0 Å². The van der Waals surface area contributed by atoms with E-state index in [0.29, 0.717) is 22.7 Å². The van der Waals surface area contributed by atoms with Crippen molar-refractivity contribution in [1.29, 1.82) is 0 Å². The highest BCUT2D eigenvalue weighted by atomic mass is 32.2. The van der Waals surface area contributed by atoms with Crippen molar-refractivity contribution in [1.82, 2.24) is 0 Å². The zero-order valence-corrected chi connectivity index (χ0v) is 13.5. The van der Waals surface area contributed by atoms with Gasteiger partial charge in [-0.05, 0) is 24.3 Å². The molecule has 0 bridgehead atoms. The Labute approximate surface area is 145 Å². The van der Waals surface area contributed by atoms with Crippen LogP contribution in [0.4, 0.5) is 15.8 Å². The Bertz CT molecular complexity index is 891. The van der Waals surface area contributed by atoms with E-state index in [9.17, 15) is 19.3 Å². The third-order valence-corrected chi connectivity index (χ3v) is 5.13. The molecule has 1 unspecified atom stereocenters. The Morgan fingerprint density at radius 3 is 2.72 bits per heavy atom. The van der Waals surface area contributed by atoms with E-state index in [2.05, 4.69) is 0 Å². The number of amides is 1. The molecule has 7 nitrogen and oxygen atoms in total. The van der Waals surface area contributed by atoms with Crippen LogP contribution in [-0.4, -0.2) is 23.4 Å². The van der Waals surface area contributed by atoms with Crippen LogP contribution in [-0.2, 0) is 4.79 Å². The summed E-state index contributed by atoms with van der Waals surface area (Å²) in [5.74, 6) is 0.0998. The van der Waals surface area contributed by atoms with Crippen LogP contribution in [0.5, 0.6) is 11.5 Å². The smallest absolute Gasteiger partial charge is 0.279 e. The number of thioether (sulfide) groups is 1. The predicted octanol–water partition coefficient (Wildman–Crippen LogP) is 3.24. The van der Waals surface area contributed by atoms with Gasteiger partial charge in [-0.25, -0.2) is 4.39 Å². The van der Waals surface area contributed by atoms with Crippen molar-refractivity contribution in [3.05, 3.63) is 57.9 Å². The first kappa shape index (κ1) is 15.7. The number of hydrogen-bond acceptors (Lipinski definition) is 6. The zero-order valence-electron chi connectivity index (χ0n) is 12.7. The lowest BCUT2D eigenvalue weighted by atomic mass is 10.1. The lowest BCUT2D eigenvalue weighted by molar-refractivity contribution is -0.385. The fourth-order valence-electron chi connectivity index (χ4n) is 2.86. The number of carbonyl (C=O) groups is 1. The molecule has 0 aromatic heterocycles. The maximum atomic E-state index is 13.6. The number of nitrogens with zero attached hydrogens (tertiary/aromatic N) is 2. The molecule has 9 heteroatoms. The molecular weight excluding hydrogens is 351 g/mol. The molecule has 1 atom stereocenters. The third kappa shape index (κ3) is 2.66. The van der Waals surface area contributed by atoms with Gasteiger partial charge in [0, 0.05) is 5.69 Å². The van der Waals surface area contributed by atoms with E-state index in [4.69, 9.17) is 9.47 Å². The van der Waals surface area contributed by atoms with Gasteiger partial charge in [-0.3, -0.25) is 19.8 Å². The molecule has 0 spiro atoms. The summed E-state index contributed by atoms with van der Waals surface area (Å²) >= 11 is 1.24. The summed E-state index contributed by atoms with van der Waals surface area (Å²) in [6.07, 6.45) is 0. The molecular formula is C16H11FN2O5S. The van der Waals surface area contributed by atoms with Crippen LogP contribution in [0.15, 0.2) is 36.4 Å². The van der Waals surface area contributed by atoms with E-state index < -0.39 is 16.1 Å². The van der Waals surface area contributed by atoms with E-state index in [1.807, 2.05) is 0 Å². The van der Waals surface area contributed by atoms with Crippen molar-refractivity contribution < 1.29 is 23.6 Å². The van der Waals surface area contributed by atoms with Crippen LogP contribution in [0.2, 0.25) is 0 Å². The van der Waals surface area contributed by atoms with Gasteiger partial charge < -0.3 is 9.47 Å². The van der Waals surface area contributed by atoms with Crippen molar-refractivity contribution in [2.75, 3.05) is 17.4 Å². The van der Waals surface area contributed by atoms with Crippen molar-refractivity contribution in [2.45, 2.75) is 5.37 Å². The minimum Gasteiger partial charge on any atom is -0.454 e. The molecule has 1 fully saturated rings. The van der Waals surface area contributed by atoms with Crippen LogP contribution < -0.4 is 14.4 Å². The molecule has 25 heavy (non-hydrogen) atoms. The number of benzene rings is 2. The number of ether oxygens (including phenoxy) is 2. The quantitative estimate of drug-likeness (QED) is 0.616. The first-order chi connectivity index (χ1) is 12.0. The molecule has 2 heterocycles. The second-order valence-electron chi connectivity index (χ2n) is 5.43.